The predicted molar refractivity (Wildman–Crippen MR) is 69.2 cm³/mol. The van der Waals surface area contributed by atoms with E-state index in [-0.39, 0.29) is 11.7 Å². The van der Waals surface area contributed by atoms with Crippen LogP contribution in [0.3, 0.4) is 0 Å². The maximum Gasteiger partial charge on any atom is 0.138 e. The molecule has 1 N–H and O–H groups in total. The van der Waals surface area contributed by atoms with E-state index in [1.54, 1.807) is 0 Å². The summed E-state index contributed by atoms with van der Waals surface area (Å²) in [5, 5.41) is 13.0. The number of nitriles is 1. The molecule has 2 rings (SSSR count). The lowest BCUT2D eigenvalue weighted by atomic mass is 9.80. The molecule has 4 heteroatoms. The molecule has 18 heavy (non-hydrogen) atoms. The van der Waals surface area contributed by atoms with Gasteiger partial charge < -0.3 is 9.47 Å². The maximum absolute atomic E-state index is 9.62. The minimum Gasteiger partial charge on any atom is -0.377 e. The van der Waals surface area contributed by atoms with Gasteiger partial charge in [-0.3, -0.25) is 5.32 Å². The van der Waals surface area contributed by atoms with E-state index in [2.05, 4.69) is 11.4 Å². The molecular formula is C14H24N2O2. The van der Waals surface area contributed by atoms with Crippen molar-refractivity contribution in [3.63, 3.8) is 0 Å². The van der Waals surface area contributed by atoms with Gasteiger partial charge in [-0.05, 0) is 40.5 Å². The lowest BCUT2D eigenvalue weighted by Crippen LogP contribution is -2.57. The quantitative estimate of drug-likeness (QED) is 0.834. The lowest BCUT2D eigenvalue weighted by Gasteiger charge is -2.35. The maximum atomic E-state index is 9.62. The molecule has 0 radical (unpaired) electrons. The summed E-state index contributed by atoms with van der Waals surface area (Å²) in [7, 11) is 0. The number of nitrogens with one attached hydrogen (secondary N) is 1. The van der Waals surface area contributed by atoms with Gasteiger partial charge in [0.25, 0.3) is 0 Å². The zero-order chi connectivity index (χ0) is 13.4. The van der Waals surface area contributed by atoms with Crippen LogP contribution in [0.25, 0.3) is 0 Å². The van der Waals surface area contributed by atoms with Crippen LogP contribution in [0.2, 0.25) is 0 Å². The molecule has 2 unspecified atom stereocenters. The van der Waals surface area contributed by atoms with E-state index in [1.165, 1.54) is 0 Å². The van der Waals surface area contributed by atoms with Crippen molar-refractivity contribution in [1.29, 1.82) is 5.26 Å². The molecule has 0 amide bonds. The molecule has 0 bridgehead atoms. The van der Waals surface area contributed by atoms with Crippen LogP contribution in [0.15, 0.2) is 0 Å². The molecule has 2 aliphatic rings. The van der Waals surface area contributed by atoms with Gasteiger partial charge in [-0.1, -0.05) is 0 Å². The second-order valence-corrected chi connectivity index (χ2v) is 6.58. The minimum absolute atomic E-state index is 0.245. The molecule has 2 heterocycles. The van der Waals surface area contributed by atoms with Crippen molar-refractivity contribution in [2.75, 3.05) is 13.2 Å². The molecule has 102 valence electrons. The Hall–Kier alpha value is -0.630. The van der Waals surface area contributed by atoms with Gasteiger partial charge in [-0.2, -0.15) is 5.26 Å². The van der Waals surface area contributed by atoms with E-state index >= 15 is 0 Å². The molecule has 0 spiro atoms. The molecule has 0 aromatic carbocycles. The highest BCUT2D eigenvalue weighted by Crippen LogP contribution is 2.44. The van der Waals surface area contributed by atoms with E-state index in [0.717, 1.165) is 26.0 Å². The standard InChI is InChI=1S/C14H24N2O2/c1-12(2)9-14(10-15,13(3,4)18-12)16-8-11-6-5-7-17-11/h11,16H,5-9H2,1-4H3. The van der Waals surface area contributed by atoms with Gasteiger partial charge in [0.15, 0.2) is 0 Å². The number of hydrogen-bond donors (Lipinski definition) is 1. The summed E-state index contributed by atoms with van der Waals surface area (Å²) in [6.45, 7) is 9.65. The second kappa shape index (κ2) is 4.48. The molecule has 0 aromatic rings. The lowest BCUT2D eigenvalue weighted by molar-refractivity contribution is -0.0773. The van der Waals surface area contributed by atoms with E-state index in [9.17, 15) is 5.26 Å². The second-order valence-electron chi connectivity index (χ2n) is 6.58. The smallest absolute Gasteiger partial charge is 0.138 e. The zero-order valence-electron chi connectivity index (χ0n) is 11.9. The minimum atomic E-state index is -0.623. The largest absolute Gasteiger partial charge is 0.377 e. The van der Waals surface area contributed by atoms with Crippen molar-refractivity contribution in [2.24, 2.45) is 0 Å². The fourth-order valence-corrected chi connectivity index (χ4v) is 3.25. The van der Waals surface area contributed by atoms with Crippen LogP contribution in [-0.2, 0) is 9.47 Å². The van der Waals surface area contributed by atoms with E-state index in [0.29, 0.717) is 6.42 Å². The van der Waals surface area contributed by atoms with E-state index in [4.69, 9.17) is 9.47 Å². The van der Waals surface area contributed by atoms with Gasteiger partial charge in [0, 0.05) is 19.6 Å². The highest BCUT2D eigenvalue weighted by Gasteiger charge is 2.57. The SMILES string of the molecule is CC1(C)CC(C#N)(NCC2CCCO2)C(C)(C)O1. The summed E-state index contributed by atoms with van der Waals surface area (Å²) < 4.78 is 11.6. The van der Waals surface area contributed by atoms with Crippen LogP contribution in [0.4, 0.5) is 0 Å². The summed E-state index contributed by atoms with van der Waals surface area (Å²) in [5.74, 6) is 0. The molecule has 0 aromatic heterocycles. The summed E-state index contributed by atoms with van der Waals surface area (Å²) in [4.78, 5) is 0. The highest BCUT2D eigenvalue weighted by molar-refractivity contribution is 5.23. The average molecular weight is 252 g/mol. The zero-order valence-corrected chi connectivity index (χ0v) is 11.9. The van der Waals surface area contributed by atoms with Crippen molar-refractivity contribution >= 4 is 0 Å². The summed E-state index contributed by atoms with van der Waals surface area (Å²) in [5.41, 5.74) is -1.37. The van der Waals surface area contributed by atoms with Gasteiger partial charge in [0.1, 0.15) is 5.54 Å². The Bertz CT molecular complexity index is 353. The van der Waals surface area contributed by atoms with Crippen LogP contribution < -0.4 is 5.32 Å². The van der Waals surface area contributed by atoms with Crippen LogP contribution in [-0.4, -0.2) is 36.0 Å². The van der Waals surface area contributed by atoms with Crippen molar-refractivity contribution in [2.45, 2.75) is 69.8 Å². The molecular weight excluding hydrogens is 228 g/mol. The Labute approximate surface area is 110 Å². The van der Waals surface area contributed by atoms with Crippen LogP contribution in [0.5, 0.6) is 0 Å². The Kier molecular flexibility index (Phi) is 3.44. The van der Waals surface area contributed by atoms with Crippen molar-refractivity contribution < 1.29 is 9.47 Å². The molecule has 2 saturated heterocycles. The Morgan fingerprint density at radius 3 is 2.50 bits per heavy atom. The van der Waals surface area contributed by atoms with Crippen LogP contribution in [0, 0.1) is 11.3 Å². The Balaban J connectivity index is 2.08. The Morgan fingerprint density at radius 2 is 2.06 bits per heavy atom. The third kappa shape index (κ3) is 2.40. The molecule has 2 aliphatic heterocycles. The average Bonchev–Trinajstić information content (AvgIpc) is 2.80. The third-order valence-corrected chi connectivity index (χ3v) is 4.10. The normalized spacial score (nSPS) is 37.6. The van der Waals surface area contributed by atoms with Gasteiger partial charge in [0.2, 0.25) is 0 Å². The van der Waals surface area contributed by atoms with Gasteiger partial charge in [0.05, 0.1) is 23.4 Å². The first-order valence-electron chi connectivity index (χ1n) is 6.78. The third-order valence-electron chi connectivity index (χ3n) is 4.10. The van der Waals surface area contributed by atoms with E-state index < -0.39 is 11.1 Å². The first kappa shape index (κ1) is 13.8. The molecule has 0 saturated carbocycles. The van der Waals surface area contributed by atoms with Gasteiger partial charge in [-0.25, -0.2) is 0 Å². The predicted octanol–water partition coefficient (Wildman–Crippen LogP) is 1.99. The van der Waals surface area contributed by atoms with Gasteiger partial charge >= 0.3 is 0 Å². The van der Waals surface area contributed by atoms with Gasteiger partial charge in [-0.15, -0.1) is 0 Å². The topological polar surface area (TPSA) is 54.3 Å². The number of hydrogen-bond acceptors (Lipinski definition) is 4. The van der Waals surface area contributed by atoms with E-state index in [1.807, 2.05) is 27.7 Å². The Morgan fingerprint density at radius 1 is 1.33 bits per heavy atom. The fraction of sp³-hybridized carbons (Fsp3) is 0.929. The first-order chi connectivity index (χ1) is 8.30. The van der Waals surface area contributed by atoms with Crippen molar-refractivity contribution in [3.05, 3.63) is 0 Å². The molecule has 2 fully saturated rings. The highest BCUT2D eigenvalue weighted by atomic mass is 16.5. The van der Waals surface area contributed by atoms with Crippen LogP contribution >= 0.6 is 0 Å². The first-order valence-corrected chi connectivity index (χ1v) is 6.78. The molecule has 0 aliphatic carbocycles. The molecule has 4 nitrogen and oxygen atoms in total. The van der Waals surface area contributed by atoms with Crippen molar-refractivity contribution in [1.82, 2.24) is 5.32 Å². The number of nitrogens with zero attached hydrogens (tertiary/aromatic N) is 1. The van der Waals surface area contributed by atoms with Crippen molar-refractivity contribution in [3.8, 4) is 6.07 Å². The monoisotopic (exact) mass is 252 g/mol. The summed E-state index contributed by atoms with van der Waals surface area (Å²) in [6, 6.07) is 2.46. The number of ether oxygens (including phenoxy) is 2. The molecule has 2 atom stereocenters. The summed E-state index contributed by atoms with van der Waals surface area (Å²) >= 11 is 0. The fourth-order valence-electron chi connectivity index (χ4n) is 3.25. The number of rotatable bonds is 3. The summed E-state index contributed by atoms with van der Waals surface area (Å²) in [6.07, 6.45) is 3.15. The van der Waals surface area contributed by atoms with Crippen LogP contribution in [0.1, 0.15) is 47.0 Å².